The molecule has 0 radical (unpaired) electrons. The molecule has 0 amide bonds. The number of ether oxygens (including phenoxy) is 1. The summed E-state index contributed by atoms with van der Waals surface area (Å²) in [5, 5.41) is 0. The maximum atomic E-state index is 12.9. The predicted molar refractivity (Wildman–Crippen MR) is 126 cm³/mol. The Balaban J connectivity index is 2.56. The monoisotopic (exact) mass is 492 g/mol. The van der Waals surface area contributed by atoms with Crippen LogP contribution in [0.2, 0.25) is 0 Å². The highest BCUT2D eigenvalue weighted by Gasteiger charge is 2.38. The van der Waals surface area contributed by atoms with Gasteiger partial charge in [0.25, 0.3) is 0 Å². The van der Waals surface area contributed by atoms with E-state index in [0.717, 1.165) is 24.8 Å². The highest BCUT2D eigenvalue weighted by molar-refractivity contribution is 7.61. The van der Waals surface area contributed by atoms with Crippen molar-refractivity contribution in [2.75, 3.05) is 13.7 Å². The summed E-state index contributed by atoms with van der Waals surface area (Å²) in [6.45, 7) is 5.86. The molecule has 0 saturated carbocycles. The maximum Gasteiger partial charge on any atom is 0.539 e. The third-order valence-corrected chi connectivity index (χ3v) is 7.34. The number of hydrogen-bond donors (Lipinski definition) is 2. The van der Waals surface area contributed by atoms with Crippen molar-refractivity contribution < 1.29 is 37.0 Å². The van der Waals surface area contributed by atoms with E-state index >= 15 is 0 Å². The van der Waals surface area contributed by atoms with Crippen molar-refractivity contribution in [2.45, 2.75) is 77.6 Å². The first-order valence-electron chi connectivity index (χ1n) is 11.2. The molecule has 0 aliphatic carbocycles. The van der Waals surface area contributed by atoms with Gasteiger partial charge in [-0.25, -0.2) is 9.13 Å². The lowest BCUT2D eigenvalue weighted by molar-refractivity contribution is 0.179. The van der Waals surface area contributed by atoms with Crippen LogP contribution in [-0.2, 0) is 24.4 Å². The zero-order valence-corrected chi connectivity index (χ0v) is 21.0. The molecule has 1 unspecified atom stereocenters. The van der Waals surface area contributed by atoms with Gasteiger partial charge in [-0.2, -0.15) is 4.31 Å². The fourth-order valence-corrected chi connectivity index (χ4v) is 5.33. The molecular formula is C22H38O8P2. The number of unbranched alkanes of at least 4 members (excludes halogenated alkanes) is 9. The standard InChI is InChI=1S/C22H38O8P2/c1-4-6-7-8-9-10-11-12-13-14-18-28-32(26,30-31(23,24)25)29-21-17-16-20(15-5-2)19-22(21)27-3/h5,16-17,19H,2,4,6-15,18H2,1,3H3,(H2,23,24,25). The zero-order chi connectivity index (χ0) is 23.9. The first kappa shape index (κ1) is 28.9. The molecule has 184 valence electrons. The van der Waals surface area contributed by atoms with Gasteiger partial charge in [-0.15, -0.1) is 6.58 Å². The minimum Gasteiger partial charge on any atom is -0.493 e. The zero-order valence-electron chi connectivity index (χ0n) is 19.2. The van der Waals surface area contributed by atoms with Crippen LogP contribution in [0.5, 0.6) is 11.5 Å². The van der Waals surface area contributed by atoms with Gasteiger partial charge in [0.15, 0.2) is 11.5 Å². The van der Waals surface area contributed by atoms with Crippen LogP contribution in [0, 0.1) is 0 Å². The van der Waals surface area contributed by atoms with E-state index < -0.39 is 15.6 Å². The van der Waals surface area contributed by atoms with E-state index in [-0.39, 0.29) is 18.1 Å². The molecule has 0 heterocycles. The van der Waals surface area contributed by atoms with E-state index in [1.807, 2.05) is 0 Å². The second kappa shape index (κ2) is 15.7. The summed E-state index contributed by atoms with van der Waals surface area (Å²) in [6.07, 6.45) is 13.4. The van der Waals surface area contributed by atoms with Crippen LogP contribution < -0.4 is 9.26 Å². The summed E-state index contributed by atoms with van der Waals surface area (Å²) in [5.41, 5.74) is 0.876. The smallest absolute Gasteiger partial charge is 0.493 e. The Hall–Kier alpha value is -1.14. The molecule has 0 spiro atoms. The van der Waals surface area contributed by atoms with Gasteiger partial charge < -0.3 is 19.0 Å². The highest BCUT2D eigenvalue weighted by Crippen LogP contribution is 2.61. The van der Waals surface area contributed by atoms with E-state index in [1.54, 1.807) is 18.2 Å². The summed E-state index contributed by atoms with van der Waals surface area (Å²) in [4.78, 5) is 18.3. The number of rotatable bonds is 19. The third-order valence-electron chi connectivity index (χ3n) is 4.77. The Labute approximate surface area is 192 Å². The minimum atomic E-state index is -5.12. The van der Waals surface area contributed by atoms with E-state index in [1.165, 1.54) is 51.7 Å². The molecule has 0 aliphatic heterocycles. The SMILES string of the molecule is C=CCc1ccc(OP(=O)(OCCCCCCCCCCCC)OP(=O)(O)O)c(OC)c1. The third kappa shape index (κ3) is 12.8. The van der Waals surface area contributed by atoms with Gasteiger partial charge in [-0.3, -0.25) is 4.52 Å². The molecule has 1 aromatic rings. The summed E-state index contributed by atoms with van der Waals surface area (Å²) in [5.74, 6) is 0.238. The van der Waals surface area contributed by atoms with Gasteiger partial charge in [-0.05, 0) is 30.5 Å². The summed E-state index contributed by atoms with van der Waals surface area (Å²) in [6, 6.07) is 4.84. The average molecular weight is 492 g/mol. The lowest BCUT2D eigenvalue weighted by Crippen LogP contribution is -2.04. The van der Waals surface area contributed by atoms with Crippen molar-refractivity contribution in [3.05, 3.63) is 36.4 Å². The number of allylic oxidation sites excluding steroid dienone is 1. The molecule has 32 heavy (non-hydrogen) atoms. The quantitative estimate of drug-likeness (QED) is 0.121. The van der Waals surface area contributed by atoms with E-state index in [4.69, 9.17) is 23.6 Å². The second-order valence-electron chi connectivity index (χ2n) is 7.60. The topological polar surface area (TPSA) is 112 Å². The van der Waals surface area contributed by atoms with Crippen molar-refractivity contribution in [2.24, 2.45) is 0 Å². The van der Waals surface area contributed by atoms with Crippen molar-refractivity contribution in [3.8, 4) is 11.5 Å². The summed E-state index contributed by atoms with van der Waals surface area (Å²) in [7, 11) is -8.29. The Bertz CT molecular complexity index is 762. The Morgan fingerprint density at radius 3 is 2.06 bits per heavy atom. The number of phosphoric ester groups is 1. The normalized spacial score (nSPS) is 13.5. The first-order valence-corrected chi connectivity index (χ1v) is 14.2. The first-order chi connectivity index (χ1) is 15.2. The summed E-state index contributed by atoms with van der Waals surface area (Å²) >= 11 is 0. The minimum absolute atomic E-state index is 0.000156. The molecule has 0 bridgehead atoms. The number of phosphoric acid groups is 2. The molecule has 0 aromatic heterocycles. The average Bonchev–Trinajstić information content (AvgIpc) is 2.72. The van der Waals surface area contributed by atoms with Crippen molar-refractivity contribution in [1.82, 2.24) is 0 Å². The molecule has 0 aliphatic rings. The van der Waals surface area contributed by atoms with Gasteiger partial charge in [0.05, 0.1) is 13.7 Å². The fraction of sp³-hybridized carbons (Fsp3) is 0.636. The Morgan fingerprint density at radius 1 is 0.938 bits per heavy atom. The van der Waals surface area contributed by atoms with Crippen LogP contribution >= 0.6 is 15.6 Å². The molecule has 1 atom stereocenters. The van der Waals surface area contributed by atoms with Crippen molar-refractivity contribution in [3.63, 3.8) is 0 Å². The van der Waals surface area contributed by atoms with Crippen LogP contribution in [0.3, 0.4) is 0 Å². The van der Waals surface area contributed by atoms with Crippen LogP contribution in [-0.4, -0.2) is 23.5 Å². The molecule has 10 heteroatoms. The van der Waals surface area contributed by atoms with Crippen molar-refractivity contribution >= 4 is 15.6 Å². The van der Waals surface area contributed by atoms with Crippen molar-refractivity contribution in [1.29, 1.82) is 0 Å². The molecular weight excluding hydrogens is 454 g/mol. The number of methoxy groups -OCH3 is 1. The molecule has 0 fully saturated rings. The van der Waals surface area contributed by atoms with E-state index in [9.17, 15) is 9.13 Å². The number of benzene rings is 1. The van der Waals surface area contributed by atoms with Gasteiger partial charge in [0, 0.05) is 0 Å². The largest absolute Gasteiger partial charge is 0.539 e. The maximum absolute atomic E-state index is 12.9. The van der Waals surface area contributed by atoms with Gasteiger partial charge in [0.2, 0.25) is 0 Å². The molecule has 1 rings (SSSR count). The highest BCUT2D eigenvalue weighted by atomic mass is 31.3. The lowest BCUT2D eigenvalue weighted by Gasteiger charge is -2.20. The Kier molecular flexibility index (Phi) is 14.1. The van der Waals surface area contributed by atoms with Crippen LogP contribution in [0.25, 0.3) is 0 Å². The van der Waals surface area contributed by atoms with Gasteiger partial charge in [-0.1, -0.05) is 76.9 Å². The van der Waals surface area contributed by atoms with Gasteiger partial charge >= 0.3 is 15.6 Å². The van der Waals surface area contributed by atoms with Crippen LogP contribution in [0.15, 0.2) is 30.9 Å². The molecule has 1 aromatic carbocycles. The van der Waals surface area contributed by atoms with Gasteiger partial charge in [0.1, 0.15) is 0 Å². The molecule has 0 saturated heterocycles. The molecule has 2 N–H and O–H groups in total. The van der Waals surface area contributed by atoms with E-state index in [0.29, 0.717) is 12.8 Å². The van der Waals surface area contributed by atoms with Crippen LogP contribution in [0.1, 0.15) is 76.7 Å². The second-order valence-corrected chi connectivity index (χ2v) is 10.6. The molecule has 8 nitrogen and oxygen atoms in total. The Morgan fingerprint density at radius 2 is 1.53 bits per heavy atom. The lowest BCUT2D eigenvalue weighted by atomic mass is 10.1. The summed E-state index contributed by atoms with van der Waals surface area (Å²) < 4.78 is 44.4. The number of hydrogen-bond acceptors (Lipinski definition) is 6. The van der Waals surface area contributed by atoms with E-state index in [2.05, 4.69) is 17.8 Å². The predicted octanol–water partition coefficient (Wildman–Crippen LogP) is 6.96. The van der Waals surface area contributed by atoms with Crippen LogP contribution in [0.4, 0.5) is 0 Å². The fourth-order valence-electron chi connectivity index (χ4n) is 3.16.